The molecule has 6 nitrogen and oxygen atoms in total. The molecule has 0 saturated heterocycles. The monoisotopic (exact) mass is 542 g/mol. The Morgan fingerprint density at radius 2 is 1.81 bits per heavy atom. The van der Waals surface area contributed by atoms with Gasteiger partial charge in [0.1, 0.15) is 11.4 Å². The first-order chi connectivity index (χ1) is 17.2. The lowest BCUT2D eigenvalue weighted by molar-refractivity contribution is 0.0260. The second-order valence-electron chi connectivity index (χ2n) is 9.08. The standard InChI is InChI=1S/C27H27ClN2O4S2/c1-3-27(4-2)16-22(20-10-6-8-12-24(20)34-27)29-36(32,33)19-13-14-23-25(15-19)35-26(31)30(23)17-18-9-5-7-11-21(18)28/h5-15,22,29H,3-4,16-17H2,1-2H3. The van der Waals surface area contributed by atoms with Gasteiger partial charge in [-0.25, -0.2) is 13.1 Å². The Kier molecular flexibility index (Phi) is 6.72. The second kappa shape index (κ2) is 9.67. The Morgan fingerprint density at radius 1 is 1.08 bits per heavy atom. The minimum atomic E-state index is -3.86. The van der Waals surface area contributed by atoms with Crippen molar-refractivity contribution in [2.24, 2.45) is 0 Å². The molecule has 5 rings (SSSR count). The van der Waals surface area contributed by atoms with Crippen LogP contribution in [-0.2, 0) is 16.6 Å². The molecule has 188 valence electrons. The molecule has 0 saturated carbocycles. The number of fused-ring (bicyclic) bond motifs is 2. The Balaban J connectivity index is 1.48. The van der Waals surface area contributed by atoms with Gasteiger partial charge in [0, 0.05) is 17.0 Å². The van der Waals surface area contributed by atoms with E-state index < -0.39 is 21.7 Å². The van der Waals surface area contributed by atoms with E-state index in [0.29, 0.717) is 34.0 Å². The van der Waals surface area contributed by atoms with Gasteiger partial charge in [-0.05, 0) is 48.7 Å². The number of rotatable bonds is 7. The van der Waals surface area contributed by atoms with Crippen molar-refractivity contribution in [3.8, 4) is 5.75 Å². The van der Waals surface area contributed by atoms with Crippen LogP contribution in [0.25, 0.3) is 10.2 Å². The fraction of sp³-hybridized carbons (Fsp3) is 0.296. The van der Waals surface area contributed by atoms with E-state index in [1.54, 1.807) is 28.8 Å². The Morgan fingerprint density at radius 3 is 2.56 bits per heavy atom. The van der Waals surface area contributed by atoms with E-state index in [0.717, 1.165) is 35.3 Å². The van der Waals surface area contributed by atoms with Crippen molar-refractivity contribution in [3.63, 3.8) is 0 Å². The summed E-state index contributed by atoms with van der Waals surface area (Å²) in [6, 6.07) is 19.4. The molecule has 1 aliphatic rings. The van der Waals surface area contributed by atoms with Crippen molar-refractivity contribution in [1.82, 2.24) is 9.29 Å². The predicted octanol–water partition coefficient (Wildman–Crippen LogP) is 6.13. The summed E-state index contributed by atoms with van der Waals surface area (Å²) >= 11 is 7.32. The summed E-state index contributed by atoms with van der Waals surface area (Å²) in [4.78, 5) is 12.7. The molecular formula is C27H27ClN2O4S2. The molecule has 2 heterocycles. The number of nitrogens with one attached hydrogen (secondary N) is 1. The highest BCUT2D eigenvalue weighted by Gasteiger charge is 2.40. The molecular weight excluding hydrogens is 516 g/mol. The van der Waals surface area contributed by atoms with Crippen molar-refractivity contribution >= 4 is 43.2 Å². The number of nitrogens with zero attached hydrogens (tertiary/aromatic N) is 1. The summed E-state index contributed by atoms with van der Waals surface area (Å²) in [7, 11) is -3.86. The Labute approximate surface area is 219 Å². The molecule has 4 aromatic rings. The van der Waals surface area contributed by atoms with Crippen LogP contribution in [0.5, 0.6) is 5.75 Å². The molecule has 1 atom stereocenters. The van der Waals surface area contributed by atoms with E-state index in [-0.39, 0.29) is 9.77 Å². The van der Waals surface area contributed by atoms with Crippen molar-refractivity contribution < 1.29 is 13.2 Å². The van der Waals surface area contributed by atoms with Crippen molar-refractivity contribution in [1.29, 1.82) is 0 Å². The lowest BCUT2D eigenvalue weighted by Crippen LogP contribution is -2.44. The van der Waals surface area contributed by atoms with Crippen LogP contribution in [-0.4, -0.2) is 18.6 Å². The van der Waals surface area contributed by atoms with Crippen LogP contribution in [0.1, 0.15) is 50.3 Å². The van der Waals surface area contributed by atoms with Gasteiger partial charge in [0.25, 0.3) is 0 Å². The summed E-state index contributed by atoms with van der Waals surface area (Å²) in [5.74, 6) is 0.713. The number of thiazole rings is 1. The highest BCUT2D eigenvalue weighted by Crippen LogP contribution is 2.43. The van der Waals surface area contributed by atoms with Crippen LogP contribution in [0.3, 0.4) is 0 Å². The van der Waals surface area contributed by atoms with Gasteiger partial charge in [0.05, 0.1) is 27.7 Å². The zero-order valence-corrected chi connectivity index (χ0v) is 22.4. The Hall–Kier alpha value is -2.65. The minimum absolute atomic E-state index is 0.128. The maximum Gasteiger partial charge on any atom is 0.308 e. The van der Waals surface area contributed by atoms with Crippen LogP contribution in [0.15, 0.2) is 76.4 Å². The molecule has 1 aromatic heterocycles. The fourth-order valence-electron chi connectivity index (χ4n) is 4.82. The molecule has 3 aromatic carbocycles. The van der Waals surface area contributed by atoms with Gasteiger partial charge in [-0.15, -0.1) is 0 Å². The second-order valence-corrected chi connectivity index (χ2v) is 12.2. The highest BCUT2D eigenvalue weighted by molar-refractivity contribution is 7.89. The van der Waals surface area contributed by atoms with Crippen LogP contribution < -0.4 is 14.3 Å². The largest absolute Gasteiger partial charge is 0.487 e. The molecule has 1 aliphatic heterocycles. The van der Waals surface area contributed by atoms with E-state index in [1.807, 2.05) is 42.5 Å². The maximum atomic E-state index is 13.5. The molecule has 0 radical (unpaired) electrons. The first kappa shape index (κ1) is 25.0. The molecule has 0 spiro atoms. The normalized spacial score (nSPS) is 17.0. The molecule has 0 amide bonds. The topological polar surface area (TPSA) is 77.4 Å². The van der Waals surface area contributed by atoms with E-state index in [9.17, 15) is 13.2 Å². The molecule has 9 heteroatoms. The van der Waals surface area contributed by atoms with E-state index in [1.165, 1.54) is 0 Å². The Bertz CT molecular complexity index is 1590. The lowest BCUT2D eigenvalue weighted by Gasteiger charge is -2.41. The number of hydrogen-bond acceptors (Lipinski definition) is 5. The quantitative estimate of drug-likeness (QED) is 0.305. The predicted molar refractivity (Wildman–Crippen MR) is 145 cm³/mol. The van der Waals surface area contributed by atoms with Gasteiger partial charge in [0.2, 0.25) is 10.0 Å². The summed E-state index contributed by atoms with van der Waals surface area (Å²) in [6.07, 6.45) is 2.09. The van der Waals surface area contributed by atoms with Crippen LogP contribution in [0, 0.1) is 0 Å². The maximum absolute atomic E-state index is 13.5. The molecule has 1 unspecified atom stereocenters. The molecule has 0 fully saturated rings. The smallest absolute Gasteiger partial charge is 0.308 e. The van der Waals surface area contributed by atoms with E-state index in [2.05, 4.69) is 18.6 Å². The first-order valence-corrected chi connectivity index (χ1v) is 14.6. The zero-order chi connectivity index (χ0) is 25.5. The van der Waals surface area contributed by atoms with Crippen LogP contribution in [0.2, 0.25) is 5.02 Å². The number of ether oxygens (including phenoxy) is 1. The molecule has 36 heavy (non-hydrogen) atoms. The molecule has 0 bridgehead atoms. The average molecular weight is 543 g/mol. The van der Waals surface area contributed by atoms with Crippen LogP contribution >= 0.6 is 22.9 Å². The average Bonchev–Trinajstić information content (AvgIpc) is 3.19. The van der Waals surface area contributed by atoms with Crippen molar-refractivity contribution in [2.75, 3.05) is 0 Å². The molecule has 0 aliphatic carbocycles. The van der Waals surface area contributed by atoms with Gasteiger partial charge in [-0.1, -0.05) is 73.2 Å². The fourth-order valence-corrected chi connectivity index (χ4v) is 7.26. The third-order valence-corrected chi connectivity index (χ3v) is 9.80. The summed E-state index contributed by atoms with van der Waals surface area (Å²) in [5, 5.41) is 0.583. The summed E-state index contributed by atoms with van der Waals surface area (Å²) in [6.45, 7) is 4.44. The van der Waals surface area contributed by atoms with Gasteiger partial charge in [-0.3, -0.25) is 9.36 Å². The SMILES string of the molecule is CCC1(CC)CC(NS(=O)(=O)c2ccc3c(c2)sc(=O)n3Cc2ccccc2Cl)c2ccccc2O1. The number of aromatic nitrogens is 1. The third-order valence-electron chi connectivity index (χ3n) is 7.02. The number of halogens is 1. The summed E-state index contributed by atoms with van der Waals surface area (Å²) < 4.78 is 38.5. The number of para-hydroxylation sites is 1. The number of benzene rings is 3. The van der Waals surface area contributed by atoms with Crippen LogP contribution in [0.4, 0.5) is 0 Å². The van der Waals surface area contributed by atoms with Gasteiger partial charge < -0.3 is 4.74 Å². The summed E-state index contributed by atoms with van der Waals surface area (Å²) in [5.41, 5.74) is 1.90. The van der Waals surface area contributed by atoms with Gasteiger partial charge in [0.15, 0.2) is 0 Å². The first-order valence-electron chi connectivity index (χ1n) is 11.9. The van der Waals surface area contributed by atoms with Crippen molar-refractivity contribution in [2.45, 2.75) is 56.2 Å². The lowest BCUT2D eigenvalue weighted by atomic mass is 9.84. The number of hydrogen-bond donors (Lipinski definition) is 1. The third kappa shape index (κ3) is 4.59. The molecule has 1 N–H and O–H groups in total. The van der Waals surface area contributed by atoms with Gasteiger partial charge in [-0.2, -0.15) is 0 Å². The van der Waals surface area contributed by atoms with Gasteiger partial charge >= 0.3 is 4.87 Å². The van der Waals surface area contributed by atoms with E-state index >= 15 is 0 Å². The van der Waals surface area contributed by atoms with Crippen molar-refractivity contribution in [3.05, 3.63) is 92.5 Å². The van der Waals surface area contributed by atoms with E-state index in [4.69, 9.17) is 16.3 Å². The minimum Gasteiger partial charge on any atom is -0.487 e. The highest BCUT2D eigenvalue weighted by atomic mass is 35.5. The number of sulfonamides is 1. The zero-order valence-electron chi connectivity index (χ0n) is 20.0.